The summed E-state index contributed by atoms with van der Waals surface area (Å²) in [5.74, 6) is -0.481. The smallest absolute Gasteiger partial charge is 0.325 e. The molecule has 3 aliphatic carbocycles. The normalized spacial score (nSPS) is 24.1. The molecular formula is C29H32N4O4. The third-order valence-corrected chi connectivity index (χ3v) is 8.89. The topological polar surface area (TPSA) is 113 Å². The number of urea groups is 1. The third-order valence-electron chi connectivity index (χ3n) is 8.89. The van der Waals surface area contributed by atoms with E-state index in [2.05, 4.69) is 12.2 Å². The average Bonchev–Trinajstić information content (AvgIpc) is 3.82. The van der Waals surface area contributed by atoms with Crippen LogP contribution in [0.4, 0.5) is 4.79 Å². The molecule has 1 heterocycles. The summed E-state index contributed by atoms with van der Waals surface area (Å²) in [7, 11) is 0. The van der Waals surface area contributed by atoms with Crippen LogP contribution in [0.2, 0.25) is 0 Å². The molecular weight excluding hydrogens is 468 g/mol. The van der Waals surface area contributed by atoms with Crippen LogP contribution >= 0.6 is 0 Å². The number of fused-ring (bicyclic) bond motifs is 2. The maximum absolute atomic E-state index is 13.7. The Balaban J connectivity index is 1.23. The van der Waals surface area contributed by atoms with Gasteiger partial charge in [-0.2, -0.15) is 0 Å². The van der Waals surface area contributed by atoms with Crippen LogP contribution in [-0.4, -0.2) is 46.1 Å². The summed E-state index contributed by atoms with van der Waals surface area (Å²) in [6.45, 7) is 2.21. The molecule has 8 heteroatoms. The molecule has 0 aromatic heterocycles. The number of hydrogen-bond donors (Lipinski definition) is 2. The molecule has 2 saturated carbocycles. The van der Waals surface area contributed by atoms with Crippen LogP contribution in [-0.2, 0) is 38.3 Å². The van der Waals surface area contributed by atoms with Gasteiger partial charge in [-0.15, -0.1) is 0 Å². The van der Waals surface area contributed by atoms with Gasteiger partial charge in [0.1, 0.15) is 12.1 Å². The molecule has 3 N–H and O–H groups in total. The number of nitrogens with zero attached hydrogens (tertiary/aromatic N) is 2. The fraction of sp³-hybridized carbons (Fsp3) is 0.448. The molecule has 2 aromatic carbocycles. The minimum Gasteiger partial charge on any atom is -0.369 e. The van der Waals surface area contributed by atoms with Crippen molar-refractivity contribution in [3.05, 3.63) is 70.8 Å². The molecule has 1 spiro atoms. The van der Waals surface area contributed by atoms with Crippen LogP contribution in [0.3, 0.4) is 0 Å². The molecule has 3 fully saturated rings. The monoisotopic (exact) mass is 500 g/mol. The first-order valence-electron chi connectivity index (χ1n) is 13.2. The molecule has 6 rings (SSSR count). The quantitative estimate of drug-likeness (QED) is 0.543. The van der Waals surface area contributed by atoms with Gasteiger partial charge < -0.3 is 16.0 Å². The Labute approximate surface area is 216 Å². The SMILES string of the molecule is C[C@@H](C1CC1)N(Cc1ccccc1)C(=O)CN1C(=O)N[C@]2(CCc3cc(C4(C(N)=O)CC4)ccc32)C1=O. The third kappa shape index (κ3) is 3.81. The Morgan fingerprint density at radius 2 is 1.84 bits per heavy atom. The number of carbonyl (C=O) groups is 4. The van der Waals surface area contributed by atoms with Crippen LogP contribution in [0.1, 0.15) is 61.3 Å². The van der Waals surface area contributed by atoms with E-state index in [9.17, 15) is 19.2 Å². The largest absolute Gasteiger partial charge is 0.369 e. The van der Waals surface area contributed by atoms with Gasteiger partial charge in [0.05, 0.1) is 5.41 Å². The molecule has 2 aromatic rings. The number of primary amides is 1. The second kappa shape index (κ2) is 8.43. The van der Waals surface area contributed by atoms with E-state index in [1.54, 1.807) is 0 Å². The van der Waals surface area contributed by atoms with Crippen LogP contribution < -0.4 is 11.1 Å². The molecule has 192 valence electrons. The van der Waals surface area contributed by atoms with E-state index < -0.39 is 17.0 Å². The van der Waals surface area contributed by atoms with Crippen molar-refractivity contribution in [1.82, 2.24) is 15.1 Å². The maximum atomic E-state index is 13.7. The summed E-state index contributed by atoms with van der Waals surface area (Å²) in [4.78, 5) is 55.3. The molecule has 1 aliphatic heterocycles. The van der Waals surface area contributed by atoms with E-state index >= 15 is 0 Å². The Hall–Kier alpha value is -3.68. The van der Waals surface area contributed by atoms with E-state index in [1.165, 1.54) is 0 Å². The van der Waals surface area contributed by atoms with Crippen molar-refractivity contribution in [2.45, 2.75) is 69.0 Å². The van der Waals surface area contributed by atoms with Crippen molar-refractivity contribution in [3.8, 4) is 0 Å². The lowest BCUT2D eigenvalue weighted by Gasteiger charge is -2.31. The number of amides is 5. The minimum absolute atomic E-state index is 0.0352. The highest BCUT2D eigenvalue weighted by Crippen LogP contribution is 2.50. The number of imide groups is 1. The zero-order valence-electron chi connectivity index (χ0n) is 21.0. The van der Waals surface area contributed by atoms with Crippen LogP contribution in [0, 0.1) is 5.92 Å². The molecule has 0 radical (unpaired) electrons. The predicted molar refractivity (Wildman–Crippen MR) is 136 cm³/mol. The first-order chi connectivity index (χ1) is 17.7. The van der Waals surface area contributed by atoms with Gasteiger partial charge in [0.25, 0.3) is 5.91 Å². The number of benzene rings is 2. The summed E-state index contributed by atoms with van der Waals surface area (Å²) in [5, 5.41) is 2.92. The summed E-state index contributed by atoms with van der Waals surface area (Å²) in [5.41, 5.74) is 7.47. The van der Waals surface area contributed by atoms with Gasteiger partial charge in [0.15, 0.2) is 0 Å². The van der Waals surface area contributed by atoms with Crippen LogP contribution in [0.25, 0.3) is 0 Å². The lowest BCUT2D eigenvalue weighted by molar-refractivity contribution is -0.141. The number of hydrogen-bond acceptors (Lipinski definition) is 4. The summed E-state index contributed by atoms with van der Waals surface area (Å²) in [6, 6.07) is 15.0. The molecule has 0 unspecified atom stereocenters. The average molecular weight is 501 g/mol. The Morgan fingerprint density at radius 3 is 2.49 bits per heavy atom. The number of aryl methyl sites for hydroxylation is 1. The van der Waals surface area contributed by atoms with Crippen molar-refractivity contribution in [1.29, 1.82) is 0 Å². The van der Waals surface area contributed by atoms with Crippen molar-refractivity contribution in [2.24, 2.45) is 11.7 Å². The van der Waals surface area contributed by atoms with E-state index in [1.807, 2.05) is 53.4 Å². The van der Waals surface area contributed by atoms with Gasteiger partial charge in [-0.05, 0) is 73.6 Å². The number of nitrogens with two attached hydrogens (primary N) is 1. The fourth-order valence-corrected chi connectivity index (χ4v) is 6.19. The molecule has 37 heavy (non-hydrogen) atoms. The van der Waals surface area contributed by atoms with Crippen LogP contribution in [0.5, 0.6) is 0 Å². The zero-order valence-corrected chi connectivity index (χ0v) is 21.0. The number of carbonyl (C=O) groups excluding carboxylic acids is 4. The summed E-state index contributed by atoms with van der Waals surface area (Å²) < 4.78 is 0. The van der Waals surface area contributed by atoms with Crippen LogP contribution in [0.15, 0.2) is 48.5 Å². The van der Waals surface area contributed by atoms with Crippen molar-refractivity contribution in [3.63, 3.8) is 0 Å². The lowest BCUT2D eigenvalue weighted by atomic mass is 9.88. The standard InChI is InChI=1S/C29H32N4O4/c1-18(20-7-8-20)32(16-19-5-3-2-4-6-19)24(34)17-33-26(36)29(31-27(33)37)12-11-21-15-22(9-10-23(21)29)28(13-14-28)25(30)35/h2-6,9-10,15,18,20H,7-8,11-14,16-17H2,1H3,(H2,30,35)(H,31,37)/t18-,29-/m0/s1. The van der Waals surface area contributed by atoms with Crippen molar-refractivity contribution < 1.29 is 19.2 Å². The Morgan fingerprint density at radius 1 is 1.11 bits per heavy atom. The minimum atomic E-state index is -1.17. The van der Waals surface area contributed by atoms with E-state index in [0.29, 0.717) is 25.3 Å². The lowest BCUT2D eigenvalue weighted by Crippen LogP contribution is -2.47. The number of nitrogens with one attached hydrogen (secondary N) is 1. The maximum Gasteiger partial charge on any atom is 0.325 e. The van der Waals surface area contributed by atoms with Crippen molar-refractivity contribution >= 4 is 23.8 Å². The molecule has 2 atom stereocenters. The summed E-state index contributed by atoms with van der Waals surface area (Å²) >= 11 is 0. The second-order valence-corrected chi connectivity index (χ2v) is 11.1. The molecule has 5 amide bonds. The second-order valence-electron chi connectivity index (χ2n) is 11.1. The summed E-state index contributed by atoms with van der Waals surface area (Å²) in [6.07, 6.45) is 4.66. The first-order valence-corrected chi connectivity index (χ1v) is 13.2. The Kier molecular flexibility index (Phi) is 5.40. The van der Waals surface area contributed by atoms with Gasteiger partial charge in [-0.25, -0.2) is 4.79 Å². The van der Waals surface area contributed by atoms with E-state index in [0.717, 1.165) is 52.8 Å². The highest BCUT2D eigenvalue weighted by atomic mass is 16.2. The molecule has 0 bridgehead atoms. The zero-order chi connectivity index (χ0) is 25.9. The molecule has 1 saturated heterocycles. The first kappa shape index (κ1) is 23.7. The number of rotatable bonds is 8. The van der Waals surface area contributed by atoms with Gasteiger partial charge in [0.2, 0.25) is 11.8 Å². The van der Waals surface area contributed by atoms with Crippen molar-refractivity contribution in [2.75, 3.05) is 6.54 Å². The van der Waals surface area contributed by atoms with Gasteiger partial charge in [-0.3, -0.25) is 19.3 Å². The molecule has 8 nitrogen and oxygen atoms in total. The highest BCUT2D eigenvalue weighted by molar-refractivity contribution is 6.10. The Bertz CT molecular complexity index is 1300. The van der Waals surface area contributed by atoms with E-state index in [-0.39, 0.29) is 30.3 Å². The van der Waals surface area contributed by atoms with E-state index in [4.69, 9.17) is 5.73 Å². The van der Waals surface area contributed by atoms with Gasteiger partial charge >= 0.3 is 6.03 Å². The van der Waals surface area contributed by atoms with Gasteiger partial charge in [-0.1, -0.05) is 48.5 Å². The highest BCUT2D eigenvalue weighted by Gasteiger charge is 2.57. The predicted octanol–water partition coefficient (Wildman–Crippen LogP) is 2.72. The molecule has 4 aliphatic rings. The van der Waals surface area contributed by atoms with Gasteiger partial charge in [0, 0.05) is 12.6 Å². The fourth-order valence-electron chi connectivity index (χ4n) is 6.19.